The highest BCUT2D eigenvalue weighted by Gasteiger charge is 2.24. The standard InChI is InChI=1S/C17H25NO2.ClH/c1-13(2)11-12-16(19)20-17(14(3)18(4)5)15-9-7-6-8-10-15;/h6-14,17H,1-5H3;1H/b12-11+;. The number of carbonyl (C=O) groups excluding carboxylic acids is 1. The number of likely N-dealkylation sites (N-methyl/N-ethyl adjacent to an activating group) is 1. The lowest BCUT2D eigenvalue weighted by atomic mass is 10.0. The first-order chi connectivity index (χ1) is 9.41. The number of ether oxygens (including phenoxy) is 1. The van der Waals surface area contributed by atoms with Gasteiger partial charge in [-0.25, -0.2) is 4.79 Å². The van der Waals surface area contributed by atoms with E-state index in [1.54, 1.807) is 0 Å². The third-order valence-corrected chi connectivity index (χ3v) is 3.24. The van der Waals surface area contributed by atoms with Gasteiger partial charge in [0.1, 0.15) is 6.10 Å². The molecule has 0 saturated carbocycles. The summed E-state index contributed by atoms with van der Waals surface area (Å²) in [5, 5.41) is 0. The topological polar surface area (TPSA) is 29.5 Å². The van der Waals surface area contributed by atoms with Crippen LogP contribution in [-0.4, -0.2) is 31.0 Å². The molecule has 0 aromatic heterocycles. The molecule has 0 N–H and O–H groups in total. The number of nitrogens with zero attached hydrogens (tertiary/aromatic N) is 1. The van der Waals surface area contributed by atoms with Gasteiger partial charge in [-0.2, -0.15) is 0 Å². The van der Waals surface area contributed by atoms with Crippen molar-refractivity contribution < 1.29 is 9.53 Å². The van der Waals surface area contributed by atoms with Gasteiger partial charge >= 0.3 is 5.97 Å². The van der Waals surface area contributed by atoms with E-state index in [0.717, 1.165) is 5.56 Å². The number of hydrogen-bond donors (Lipinski definition) is 0. The van der Waals surface area contributed by atoms with Crippen LogP contribution in [0.2, 0.25) is 0 Å². The van der Waals surface area contributed by atoms with Crippen molar-refractivity contribution in [3.8, 4) is 0 Å². The lowest BCUT2D eigenvalue weighted by molar-refractivity contribution is -0.146. The van der Waals surface area contributed by atoms with Crippen molar-refractivity contribution in [2.75, 3.05) is 14.1 Å². The molecular weight excluding hydrogens is 286 g/mol. The zero-order valence-corrected chi connectivity index (χ0v) is 14.3. The summed E-state index contributed by atoms with van der Waals surface area (Å²) >= 11 is 0. The van der Waals surface area contributed by atoms with Gasteiger partial charge in [-0.3, -0.25) is 0 Å². The van der Waals surface area contributed by atoms with Crippen LogP contribution in [0, 0.1) is 5.92 Å². The smallest absolute Gasteiger partial charge is 0.331 e. The minimum Gasteiger partial charge on any atom is -0.453 e. The molecule has 0 saturated heterocycles. The van der Waals surface area contributed by atoms with E-state index in [0.29, 0.717) is 5.92 Å². The van der Waals surface area contributed by atoms with Crippen molar-refractivity contribution >= 4 is 18.4 Å². The molecule has 0 aliphatic heterocycles. The number of benzene rings is 1. The molecule has 0 bridgehead atoms. The maximum Gasteiger partial charge on any atom is 0.331 e. The Morgan fingerprint density at radius 1 is 1.14 bits per heavy atom. The lowest BCUT2D eigenvalue weighted by Crippen LogP contribution is -2.33. The molecule has 0 spiro atoms. The summed E-state index contributed by atoms with van der Waals surface area (Å²) in [5.74, 6) is 0.0465. The van der Waals surface area contributed by atoms with Crippen molar-refractivity contribution in [2.45, 2.75) is 32.9 Å². The molecule has 3 nitrogen and oxygen atoms in total. The molecule has 21 heavy (non-hydrogen) atoms. The van der Waals surface area contributed by atoms with Gasteiger partial charge in [0.15, 0.2) is 0 Å². The van der Waals surface area contributed by atoms with Gasteiger partial charge in [-0.1, -0.05) is 50.3 Å². The largest absolute Gasteiger partial charge is 0.453 e. The molecule has 0 radical (unpaired) electrons. The molecule has 0 aliphatic carbocycles. The predicted molar refractivity (Wildman–Crippen MR) is 89.7 cm³/mol. The third kappa shape index (κ3) is 6.78. The van der Waals surface area contributed by atoms with Crippen LogP contribution in [0.4, 0.5) is 0 Å². The second-order valence-corrected chi connectivity index (χ2v) is 5.58. The Balaban J connectivity index is 0.00000400. The molecule has 0 amide bonds. The Labute approximate surface area is 134 Å². The van der Waals surface area contributed by atoms with Crippen LogP contribution in [0.25, 0.3) is 0 Å². The second-order valence-electron chi connectivity index (χ2n) is 5.58. The number of rotatable bonds is 6. The van der Waals surface area contributed by atoms with E-state index >= 15 is 0 Å². The monoisotopic (exact) mass is 311 g/mol. The molecule has 0 fully saturated rings. The SMILES string of the molecule is CC(C)/C=C/C(=O)OC(c1ccccc1)C(C)N(C)C.Cl. The fourth-order valence-corrected chi connectivity index (χ4v) is 1.79. The first kappa shape index (κ1) is 19.7. The van der Waals surface area contributed by atoms with Crippen LogP contribution in [0.15, 0.2) is 42.5 Å². The number of allylic oxidation sites excluding steroid dienone is 1. The van der Waals surface area contributed by atoms with E-state index in [1.807, 2.05) is 64.4 Å². The minimum atomic E-state index is -0.291. The summed E-state index contributed by atoms with van der Waals surface area (Å²) in [5.41, 5.74) is 1.01. The van der Waals surface area contributed by atoms with Gasteiger partial charge in [-0.15, -0.1) is 12.4 Å². The zero-order valence-electron chi connectivity index (χ0n) is 13.4. The number of carbonyl (C=O) groups is 1. The fourth-order valence-electron chi connectivity index (χ4n) is 1.79. The van der Waals surface area contributed by atoms with Crippen LogP contribution in [0.1, 0.15) is 32.4 Å². The highest BCUT2D eigenvalue weighted by Crippen LogP contribution is 2.24. The summed E-state index contributed by atoms with van der Waals surface area (Å²) in [4.78, 5) is 14.0. The van der Waals surface area contributed by atoms with E-state index in [1.165, 1.54) is 6.08 Å². The van der Waals surface area contributed by atoms with E-state index in [2.05, 4.69) is 11.8 Å². The van der Waals surface area contributed by atoms with E-state index in [-0.39, 0.29) is 30.5 Å². The zero-order chi connectivity index (χ0) is 15.1. The molecule has 4 heteroatoms. The first-order valence-electron chi connectivity index (χ1n) is 7.02. The molecule has 2 atom stereocenters. The fraction of sp³-hybridized carbons (Fsp3) is 0.471. The quantitative estimate of drug-likeness (QED) is 0.590. The van der Waals surface area contributed by atoms with Gasteiger partial charge in [0.05, 0.1) is 0 Å². The van der Waals surface area contributed by atoms with E-state index in [9.17, 15) is 4.79 Å². The Morgan fingerprint density at radius 3 is 2.19 bits per heavy atom. The summed E-state index contributed by atoms with van der Waals surface area (Å²) in [6.07, 6.45) is 3.10. The van der Waals surface area contributed by atoms with Crippen LogP contribution >= 0.6 is 12.4 Å². The summed E-state index contributed by atoms with van der Waals surface area (Å²) in [6.45, 7) is 6.11. The maximum absolute atomic E-state index is 11.9. The molecule has 2 unspecified atom stereocenters. The normalized spacial score (nSPS) is 14.0. The Morgan fingerprint density at radius 2 is 1.71 bits per heavy atom. The van der Waals surface area contributed by atoms with Gasteiger partial charge in [-0.05, 0) is 32.5 Å². The molecule has 118 valence electrons. The van der Waals surface area contributed by atoms with Gasteiger partial charge in [0.2, 0.25) is 0 Å². The first-order valence-corrected chi connectivity index (χ1v) is 7.02. The highest BCUT2D eigenvalue weighted by atomic mass is 35.5. The number of hydrogen-bond acceptors (Lipinski definition) is 3. The van der Waals surface area contributed by atoms with Crippen molar-refractivity contribution in [3.63, 3.8) is 0 Å². The average Bonchev–Trinajstić information content (AvgIpc) is 2.42. The lowest BCUT2D eigenvalue weighted by Gasteiger charge is -2.29. The van der Waals surface area contributed by atoms with Crippen LogP contribution in [0.5, 0.6) is 0 Å². The van der Waals surface area contributed by atoms with Crippen molar-refractivity contribution in [1.82, 2.24) is 4.90 Å². The molecule has 0 heterocycles. The van der Waals surface area contributed by atoms with Crippen LogP contribution in [0.3, 0.4) is 0 Å². The van der Waals surface area contributed by atoms with Crippen LogP contribution < -0.4 is 0 Å². The van der Waals surface area contributed by atoms with Crippen molar-refractivity contribution in [1.29, 1.82) is 0 Å². The van der Waals surface area contributed by atoms with Crippen molar-refractivity contribution in [3.05, 3.63) is 48.0 Å². The average molecular weight is 312 g/mol. The van der Waals surface area contributed by atoms with Crippen molar-refractivity contribution in [2.24, 2.45) is 5.92 Å². The number of esters is 1. The van der Waals surface area contributed by atoms with Gasteiger partial charge < -0.3 is 9.64 Å². The summed E-state index contributed by atoms with van der Waals surface area (Å²) < 4.78 is 5.64. The summed E-state index contributed by atoms with van der Waals surface area (Å²) in [6, 6.07) is 9.97. The number of halogens is 1. The second kappa shape index (κ2) is 9.59. The Bertz CT molecular complexity index is 443. The highest BCUT2D eigenvalue weighted by molar-refractivity contribution is 5.85. The van der Waals surface area contributed by atoms with Crippen LogP contribution in [-0.2, 0) is 9.53 Å². The summed E-state index contributed by atoms with van der Waals surface area (Å²) in [7, 11) is 3.97. The molecule has 1 rings (SSSR count). The molecule has 0 aliphatic rings. The van der Waals surface area contributed by atoms with Gasteiger partial charge in [0, 0.05) is 12.1 Å². The third-order valence-electron chi connectivity index (χ3n) is 3.24. The van der Waals surface area contributed by atoms with Gasteiger partial charge in [0.25, 0.3) is 0 Å². The molecule has 1 aromatic carbocycles. The van der Waals surface area contributed by atoms with E-state index < -0.39 is 0 Å². The Kier molecular flexibility index (Phi) is 8.98. The van der Waals surface area contributed by atoms with E-state index in [4.69, 9.17) is 4.74 Å². The Hall–Kier alpha value is -1.32. The molecule has 1 aromatic rings. The predicted octanol–water partition coefficient (Wildman–Crippen LogP) is 3.86. The minimum absolute atomic E-state index is 0. The molecular formula is C17H26ClNO2. The maximum atomic E-state index is 11.9.